The van der Waals surface area contributed by atoms with Gasteiger partial charge in [-0.15, -0.1) is 11.3 Å². The Kier molecular flexibility index (Phi) is 4.24. The lowest BCUT2D eigenvalue weighted by molar-refractivity contribution is 0.0701. The number of carboxylic acid groups (broad SMARTS) is 1. The number of hydrogen-bond acceptors (Lipinski definition) is 3. The Balaban J connectivity index is 1.62. The van der Waals surface area contributed by atoms with Gasteiger partial charge in [0.25, 0.3) is 5.91 Å². The van der Waals surface area contributed by atoms with Gasteiger partial charge in [0.1, 0.15) is 4.88 Å². The smallest absolute Gasteiger partial charge is 0.345 e. The molecule has 1 aliphatic heterocycles. The van der Waals surface area contributed by atoms with Crippen molar-refractivity contribution in [3.8, 4) is 0 Å². The Morgan fingerprint density at radius 1 is 1.14 bits per heavy atom. The van der Waals surface area contributed by atoms with E-state index in [0.29, 0.717) is 10.8 Å². The van der Waals surface area contributed by atoms with Gasteiger partial charge in [-0.3, -0.25) is 4.79 Å². The van der Waals surface area contributed by atoms with Crippen molar-refractivity contribution in [1.82, 2.24) is 4.90 Å². The molecule has 1 amide bonds. The first-order valence-electron chi connectivity index (χ1n) is 7.30. The zero-order valence-corrected chi connectivity index (χ0v) is 12.9. The lowest BCUT2D eigenvalue weighted by Crippen LogP contribution is -2.28. The highest BCUT2D eigenvalue weighted by molar-refractivity contribution is 7.15. The van der Waals surface area contributed by atoms with Crippen LogP contribution in [0.2, 0.25) is 0 Å². The maximum absolute atomic E-state index is 12.4. The summed E-state index contributed by atoms with van der Waals surface area (Å²) in [6.07, 6.45) is 1.98. The quantitative estimate of drug-likeness (QED) is 0.943. The summed E-state index contributed by atoms with van der Waals surface area (Å²) in [7, 11) is 0. The van der Waals surface area contributed by atoms with Crippen LogP contribution < -0.4 is 0 Å². The van der Waals surface area contributed by atoms with E-state index < -0.39 is 5.97 Å². The van der Waals surface area contributed by atoms with Crippen LogP contribution in [-0.4, -0.2) is 35.0 Å². The van der Waals surface area contributed by atoms with Crippen LogP contribution in [0.4, 0.5) is 0 Å². The average Bonchev–Trinajstić information content (AvgIpc) is 3.17. The van der Waals surface area contributed by atoms with Gasteiger partial charge < -0.3 is 10.0 Å². The molecule has 1 fully saturated rings. The zero-order valence-electron chi connectivity index (χ0n) is 12.1. The molecule has 3 rings (SSSR count). The summed E-state index contributed by atoms with van der Waals surface area (Å²) in [6, 6.07) is 13.4. The molecule has 0 bridgehead atoms. The van der Waals surface area contributed by atoms with Crippen LogP contribution in [0.1, 0.15) is 31.3 Å². The predicted molar refractivity (Wildman–Crippen MR) is 85.4 cm³/mol. The normalized spacial score (nSPS) is 17.6. The van der Waals surface area contributed by atoms with Gasteiger partial charge in [0.15, 0.2) is 0 Å². The molecule has 2 heterocycles. The number of nitrogens with zero attached hydrogens (tertiary/aromatic N) is 1. The van der Waals surface area contributed by atoms with Crippen molar-refractivity contribution in [1.29, 1.82) is 0 Å². The molecule has 22 heavy (non-hydrogen) atoms. The highest BCUT2D eigenvalue weighted by Gasteiger charge is 2.28. The number of carboxylic acids is 1. The van der Waals surface area contributed by atoms with Crippen LogP contribution in [0.15, 0.2) is 42.5 Å². The van der Waals surface area contributed by atoms with Crippen molar-refractivity contribution >= 4 is 23.2 Å². The Morgan fingerprint density at radius 2 is 1.86 bits per heavy atom. The van der Waals surface area contributed by atoms with Crippen molar-refractivity contribution in [2.45, 2.75) is 12.8 Å². The SMILES string of the molecule is O=C(O)c1ccc(C(=O)N2CC[C@H](Cc3ccccc3)C2)s1. The summed E-state index contributed by atoms with van der Waals surface area (Å²) >= 11 is 1.05. The highest BCUT2D eigenvalue weighted by Crippen LogP contribution is 2.25. The van der Waals surface area contributed by atoms with E-state index in [1.807, 2.05) is 23.1 Å². The fourth-order valence-corrected chi connectivity index (χ4v) is 3.67. The number of thiophene rings is 1. The summed E-state index contributed by atoms with van der Waals surface area (Å²) < 4.78 is 0. The Bertz CT molecular complexity index is 680. The van der Waals surface area contributed by atoms with Crippen molar-refractivity contribution in [3.63, 3.8) is 0 Å². The maximum atomic E-state index is 12.4. The van der Waals surface area contributed by atoms with E-state index >= 15 is 0 Å². The molecule has 0 saturated carbocycles. The monoisotopic (exact) mass is 315 g/mol. The fraction of sp³-hybridized carbons (Fsp3) is 0.294. The third-order valence-electron chi connectivity index (χ3n) is 3.97. The predicted octanol–water partition coefficient (Wildman–Crippen LogP) is 3.15. The van der Waals surface area contributed by atoms with E-state index in [1.54, 1.807) is 6.07 Å². The lowest BCUT2D eigenvalue weighted by Gasteiger charge is -2.15. The molecule has 0 radical (unpaired) electrons. The first-order valence-corrected chi connectivity index (χ1v) is 8.11. The van der Waals surface area contributed by atoms with Gasteiger partial charge in [-0.2, -0.15) is 0 Å². The number of carbonyl (C=O) groups excluding carboxylic acids is 1. The molecule has 1 aromatic heterocycles. The molecule has 1 aromatic carbocycles. The molecule has 1 aliphatic rings. The van der Waals surface area contributed by atoms with Gasteiger partial charge in [-0.1, -0.05) is 30.3 Å². The number of likely N-dealkylation sites (tertiary alicyclic amines) is 1. The van der Waals surface area contributed by atoms with Crippen molar-refractivity contribution in [2.24, 2.45) is 5.92 Å². The van der Waals surface area contributed by atoms with Crippen LogP contribution in [0, 0.1) is 5.92 Å². The Hall–Kier alpha value is -2.14. The minimum atomic E-state index is -0.979. The molecule has 0 spiro atoms. The number of benzene rings is 1. The Labute approximate surface area is 133 Å². The number of amides is 1. The molecule has 0 unspecified atom stereocenters. The summed E-state index contributed by atoms with van der Waals surface area (Å²) in [5.74, 6) is -0.550. The van der Waals surface area contributed by atoms with E-state index in [1.165, 1.54) is 11.6 Å². The maximum Gasteiger partial charge on any atom is 0.345 e. The fourth-order valence-electron chi connectivity index (χ4n) is 2.85. The third kappa shape index (κ3) is 3.20. The van der Waals surface area contributed by atoms with E-state index in [4.69, 9.17) is 5.11 Å². The molecule has 4 nitrogen and oxygen atoms in total. The van der Waals surface area contributed by atoms with Crippen LogP contribution >= 0.6 is 11.3 Å². The molecule has 1 N–H and O–H groups in total. The largest absolute Gasteiger partial charge is 0.477 e. The number of rotatable bonds is 4. The van der Waals surface area contributed by atoms with Crippen LogP contribution in [0.3, 0.4) is 0 Å². The molecular weight excluding hydrogens is 298 g/mol. The van der Waals surface area contributed by atoms with E-state index in [-0.39, 0.29) is 10.8 Å². The molecule has 114 valence electrons. The second-order valence-electron chi connectivity index (χ2n) is 5.56. The van der Waals surface area contributed by atoms with E-state index in [0.717, 1.165) is 37.3 Å². The molecule has 2 aromatic rings. The molecule has 5 heteroatoms. The first kappa shape index (κ1) is 14.8. The number of aromatic carboxylic acids is 1. The Morgan fingerprint density at radius 3 is 2.55 bits per heavy atom. The van der Waals surface area contributed by atoms with Crippen molar-refractivity contribution in [2.75, 3.05) is 13.1 Å². The third-order valence-corrected chi connectivity index (χ3v) is 5.03. The first-order chi connectivity index (χ1) is 10.6. The lowest BCUT2D eigenvalue weighted by atomic mass is 9.99. The van der Waals surface area contributed by atoms with E-state index in [9.17, 15) is 9.59 Å². The van der Waals surface area contributed by atoms with Crippen LogP contribution in [0.25, 0.3) is 0 Å². The van der Waals surface area contributed by atoms with Gasteiger partial charge in [-0.05, 0) is 36.5 Å². The van der Waals surface area contributed by atoms with Crippen molar-refractivity contribution < 1.29 is 14.7 Å². The zero-order chi connectivity index (χ0) is 15.5. The van der Waals surface area contributed by atoms with E-state index in [2.05, 4.69) is 12.1 Å². The van der Waals surface area contributed by atoms with Gasteiger partial charge in [-0.25, -0.2) is 4.79 Å². The van der Waals surface area contributed by atoms with Crippen LogP contribution in [0.5, 0.6) is 0 Å². The van der Waals surface area contributed by atoms with Crippen LogP contribution in [-0.2, 0) is 6.42 Å². The summed E-state index contributed by atoms with van der Waals surface area (Å²) in [5.41, 5.74) is 1.30. The van der Waals surface area contributed by atoms with Gasteiger partial charge in [0.2, 0.25) is 0 Å². The standard InChI is InChI=1S/C17H17NO3S/c19-16(14-6-7-15(22-14)17(20)21)18-9-8-13(11-18)10-12-4-2-1-3-5-12/h1-7,13H,8-11H2,(H,20,21)/t13-/m1/s1. The summed E-state index contributed by atoms with van der Waals surface area (Å²) in [5, 5.41) is 8.94. The average molecular weight is 315 g/mol. The topological polar surface area (TPSA) is 57.6 Å². The summed E-state index contributed by atoms with van der Waals surface area (Å²) in [6.45, 7) is 1.49. The molecule has 0 aliphatic carbocycles. The minimum absolute atomic E-state index is 0.0481. The summed E-state index contributed by atoms with van der Waals surface area (Å²) in [4.78, 5) is 25.9. The second kappa shape index (κ2) is 6.32. The van der Waals surface area contributed by atoms with Crippen molar-refractivity contribution in [3.05, 3.63) is 57.8 Å². The van der Waals surface area contributed by atoms with Gasteiger partial charge in [0.05, 0.1) is 4.88 Å². The molecule has 1 saturated heterocycles. The van der Waals surface area contributed by atoms with Gasteiger partial charge in [0, 0.05) is 13.1 Å². The van der Waals surface area contributed by atoms with Gasteiger partial charge >= 0.3 is 5.97 Å². The minimum Gasteiger partial charge on any atom is -0.477 e. The molecule has 1 atom stereocenters. The number of carbonyl (C=O) groups is 2. The highest BCUT2D eigenvalue weighted by atomic mass is 32.1. The number of hydrogen-bond donors (Lipinski definition) is 1. The second-order valence-corrected chi connectivity index (χ2v) is 6.65. The molecular formula is C17H17NO3S.